The van der Waals surface area contributed by atoms with E-state index in [0.29, 0.717) is 16.6 Å². The van der Waals surface area contributed by atoms with Gasteiger partial charge in [0.25, 0.3) is 0 Å². The molecule has 1 aliphatic heterocycles. The number of primary sulfonamides is 1. The Balaban J connectivity index is 2.02. The van der Waals surface area contributed by atoms with Gasteiger partial charge in [-0.3, -0.25) is 4.79 Å². The van der Waals surface area contributed by atoms with Crippen LogP contribution in [0, 0.1) is 0 Å². The third-order valence-electron chi connectivity index (χ3n) is 5.05. The Kier molecular flexibility index (Phi) is 6.11. The summed E-state index contributed by atoms with van der Waals surface area (Å²) in [5.41, 5.74) is 17.7. The number of nitrogens with two attached hydrogens (primary N) is 4. The van der Waals surface area contributed by atoms with Crippen LogP contribution in [0.1, 0.15) is 5.56 Å². The highest BCUT2D eigenvalue weighted by atomic mass is 32.2. The van der Waals surface area contributed by atoms with Gasteiger partial charge < -0.3 is 22.2 Å². The number of primary amides is 1. The number of anilines is 1. The van der Waals surface area contributed by atoms with E-state index in [1.54, 1.807) is 18.2 Å². The zero-order chi connectivity index (χ0) is 25.5. The maximum Gasteiger partial charge on any atom is 0.242 e. The number of carbonyl (C=O) groups excluding carboxylic acids is 1. The third kappa shape index (κ3) is 4.62. The fourth-order valence-electron chi connectivity index (χ4n) is 3.51. The fourth-order valence-corrected chi connectivity index (χ4v) is 6.17. The zero-order valence-electron chi connectivity index (χ0n) is 17.8. The first kappa shape index (κ1) is 24.4. The Hall–Kier alpha value is -3.77. The molecule has 3 aromatic rings. The van der Waals surface area contributed by atoms with Gasteiger partial charge in [-0.1, -0.05) is 18.2 Å². The second kappa shape index (κ2) is 8.78. The summed E-state index contributed by atoms with van der Waals surface area (Å²) < 4.78 is 53.8. The van der Waals surface area contributed by atoms with Crippen LogP contribution in [0.2, 0.25) is 0 Å². The number of para-hydroxylation sites is 1. The molecule has 2 heterocycles. The molecule has 0 saturated heterocycles. The number of rotatable bonds is 8. The van der Waals surface area contributed by atoms with Crippen molar-refractivity contribution in [2.24, 2.45) is 31.8 Å². The first-order valence-corrected chi connectivity index (χ1v) is 12.8. The van der Waals surface area contributed by atoms with Gasteiger partial charge >= 0.3 is 0 Å². The SMILES string of the molecule is NC(=O)[C@H](N)CNS(=O)(=O)c1ccc(-c2cccc3[nH]c(N)nc23)c(C2=NCN=N2)c1S(N)(=O)=O. The summed E-state index contributed by atoms with van der Waals surface area (Å²) in [6.45, 7) is -0.674. The van der Waals surface area contributed by atoms with Gasteiger partial charge in [0.2, 0.25) is 26.0 Å². The van der Waals surface area contributed by atoms with Gasteiger partial charge in [0.05, 0.1) is 22.6 Å². The molecule has 0 radical (unpaired) electrons. The van der Waals surface area contributed by atoms with Crippen molar-refractivity contribution in [1.82, 2.24) is 14.7 Å². The van der Waals surface area contributed by atoms with Crippen molar-refractivity contribution in [3.05, 3.63) is 35.9 Å². The van der Waals surface area contributed by atoms with E-state index in [1.165, 1.54) is 6.07 Å². The van der Waals surface area contributed by atoms with Gasteiger partial charge in [-0.2, -0.15) is 5.11 Å². The Morgan fingerprint density at radius 1 is 1.14 bits per heavy atom. The van der Waals surface area contributed by atoms with Crippen molar-refractivity contribution in [1.29, 1.82) is 0 Å². The predicted octanol–water partition coefficient (Wildman–Crippen LogP) is -1.28. The van der Waals surface area contributed by atoms with Gasteiger partial charge in [-0.25, -0.2) is 36.7 Å². The monoisotopic (exact) mass is 520 g/mol. The van der Waals surface area contributed by atoms with Crippen LogP contribution >= 0.6 is 0 Å². The minimum Gasteiger partial charge on any atom is -0.369 e. The van der Waals surface area contributed by atoms with E-state index in [4.69, 9.17) is 22.3 Å². The second-order valence-corrected chi connectivity index (χ2v) is 10.6. The molecule has 184 valence electrons. The number of fused-ring (bicyclic) bond motifs is 1. The number of imidazole rings is 1. The lowest BCUT2D eigenvalue weighted by Gasteiger charge is -2.18. The molecule has 10 N–H and O–H groups in total. The molecule has 15 nitrogen and oxygen atoms in total. The summed E-state index contributed by atoms with van der Waals surface area (Å²) in [5.74, 6) is -0.981. The lowest BCUT2D eigenvalue weighted by Crippen LogP contribution is -2.46. The summed E-state index contributed by atoms with van der Waals surface area (Å²) in [7, 11) is -9.25. The number of benzene rings is 2. The first-order valence-electron chi connectivity index (χ1n) is 9.81. The highest BCUT2D eigenvalue weighted by molar-refractivity contribution is 7.92. The van der Waals surface area contributed by atoms with E-state index in [-0.39, 0.29) is 29.6 Å². The molecule has 1 aliphatic rings. The Labute approximate surface area is 198 Å². The molecule has 17 heteroatoms. The second-order valence-electron chi connectivity index (χ2n) is 7.41. The molecule has 35 heavy (non-hydrogen) atoms. The number of aromatic amines is 1. The average molecular weight is 521 g/mol. The van der Waals surface area contributed by atoms with Crippen LogP contribution in [0.25, 0.3) is 22.2 Å². The third-order valence-corrected chi connectivity index (χ3v) is 7.64. The molecule has 0 aliphatic carbocycles. The van der Waals surface area contributed by atoms with Crippen LogP contribution in [-0.2, 0) is 24.8 Å². The smallest absolute Gasteiger partial charge is 0.242 e. The van der Waals surface area contributed by atoms with Crippen molar-refractivity contribution in [3.63, 3.8) is 0 Å². The summed E-state index contributed by atoms with van der Waals surface area (Å²) in [4.78, 5) is 20.9. The number of sulfonamides is 2. The number of amides is 1. The molecule has 1 aromatic heterocycles. The summed E-state index contributed by atoms with van der Waals surface area (Å²) in [6.07, 6.45) is 0. The van der Waals surface area contributed by atoms with Crippen LogP contribution in [0.3, 0.4) is 0 Å². The van der Waals surface area contributed by atoms with Crippen molar-refractivity contribution >= 4 is 48.8 Å². The summed E-state index contributed by atoms with van der Waals surface area (Å²) in [5, 5.41) is 13.1. The number of hydrogen-bond acceptors (Lipinski definition) is 11. The fraction of sp³-hybridized carbons (Fsp3) is 0.167. The molecule has 1 atom stereocenters. The summed E-state index contributed by atoms with van der Waals surface area (Å²) >= 11 is 0. The van der Waals surface area contributed by atoms with E-state index in [2.05, 4.69) is 29.9 Å². The van der Waals surface area contributed by atoms with Gasteiger partial charge in [-0.15, -0.1) is 5.11 Å². The Bertz CT molecular complexity index is 1630. The molecule has 0 saturated carbocycles. The lowest BCUT2D eigenvalue weighted by atomic mass is 9.97. The molecular weight excluding hydrogens is 500 g/mol. The van der Waals surface area contributed by atoms with Gasteiger partial charge in [0, 0.05) is 12.1 Å². The molecule has 1 amide bonds. The number of azo groups is 1. The maximum absolute atomic E-state index is 13.1. The van der Waals surface area contributed by atoms with E-state index in [9.17, 15) is 21.6 Å². The number of aliphatic imine (C=N–C) groups is 1. The topological polar surface area (TPSA) is 267 Å². The van der Waals surface area contributed by atoms with Crippen molar-refractivity contribution < 1.29 is 21.6 Å². The van der Waals surface area contributed by atoms with Crippen molar-refractivity contribution in [3.8, 4) is 11.1 Å². The number of nitrogen functional groups attached to an aromatic ring is 1. The highest BCUT2D eigenvalue weighted by Gasteiger charge is 2.33. The zero-order valence-corrected chi connectivity index (χ0v) is 19.5. The van der Waals surface area contributed by atoms with Gasteiger partial charge in [-0.05, 0) is 17.7 Å². The number of aromatic nitrogens is 2. The number of nitrogens with one attached hydrogen (secondary N) is 2. The largest absolute Gasteiger partial charge is 0.369 e. The predicted molar refractivity (Wildman–Crippen MR) is 126 cm³/mol. The molecule has 0 bridgehead atoms. The average Bonchev–Trinajstić information content (AvgIpc) is 3.44. The number of H-pyrrole nitrogens is 1. The van der Waals surface area contributed by atoms with E-state index in [0.717, 1.165) is 6.07 Å². The number of amidine groups is 1. The van der Waals surface area contributed by atoms with Gasteiger partial charge in [0.15, 0.2) is 18.5 Å². The quantitative estimate of drug-likeness (QED) is 0.208. The van der Waals surface area contributed by atoms with Crippen LogP contribution in [0.5, 0.6) is 0 Å². The number of nitrogens with zero attached hydrogens (tertiary/aromatic N) is 4. The minimum absolute atomic E-state index is 0.0962. The minimum atomic E-state index is -4.70. The van der Waals surface area contributed by atoms with Crippen LogP contribution in [-0.4, -0.2) is 57.8 Å². The Morgan fingerprint density at radius 3 is 2.51 bits per heavy atom. The normalized spacial score (nSPS) is 14.9. The van der Waals surface area contributed by atoms with Crippen molar-refractivity contribution in [2.75, 3.05) is 18.9 Å². The molecule has 2 aromatic carbocycles. The van der Waals surface area contributed by atoms with E-state index >= 15 is 0 Å². The first-order chi connectivity index (χ1) is 16.4. The molecular formula is C18H20N10O5S2. The van der Waals surface area contributed by atoms with Crippen molar-refractivity contribution in [2.45, 2.75) is 15.8 Å². The number of carbonyl (C=O) groups is 1. The number of hydrogen-bond donors (Lipinski definition) is 6. The molecule has 4 rings (SSSR count). The van der Waals surface area contributed by atoms with E-state index < -0.39 is 48.3 Å². The Morgan fingerprint density at radius 2 is 1.89 bits per heavy atom. The van der Waals surface area contributed by atoms with Crippen LogP contribution in [0.4, 0.5) is 5.95 Å². The molecule has 0 fully saturated rings. The molecule has 0 unspecified atom stereocenters. The van der Waals surface area contributed by atoms with Crippen LogP contribution < -0.4 is 27.1 Å². The highest BCUT2D eigenvalue weighted by Crippen LogP contribution is 2.37. The van der Waals surface area contributed by atoms with E-state index in [1.807, 2.05) is 0 Å². The summed E-state index contributed by atoms with van der Waals surface area (Å²) in [6, 6.07) is 6.09. The standard InChI is InChI=1S/C18H20N10O5S2/c19-10(16(20)29)6-25-35(32,33)12-5-4-8(9-2-1-3-11-14(9)27-18(21)26-11)13(15(12)34(22,30)31)17-23-7-24-28-17/h1-5,10,25H,6-7,19H2,(H2,20,29)(H3,21,26,27)(H2,22,30,31)/t10-/m1/s1. The maximum atomic E-state index is 13.1. The molecule has 0 spiro atoms. The lowest BCUT2D eigenvalue weighted by molar-refractivity contribution is -0.119. The van der Waals surface area contributed by atoms with Gasteiger partial charge in [0.1, 0.15) is 9.79 Å². The van der Waals surface area contributed by atoms with Crippen LogP contribution in [0.15, 0.2) is 55.3 Å².